The van der Waals surface area contributed by atoms with Gasteiger partial charge in [0, 0.05) is 11.5 Å². The van der Waals surface area contributed by atoms with Crippen molar-refractivity contribution in [2.75, 3.05) is 85.8 Å². The van der Waals surface area contributed by atoms with Crippen molar-refractivity contribution >= 4 is 5.97 Å². The van der Waals surface area contributed by atoms with Gasteiger partial charge in [-0.25, -0.2) is 0 Å². The number of hydrogen-bond donors (Lipinski definition) is 1. The van der Waals surface area contributed by atoms with E-state index in [1.54, 1.807) is 0 Å². The number of carboxylic acids is 1. The van der Waals surface area contributed by atoms with E-state index in [1.165, 1.54) is 0 Å². The van der Waals surface area contributed by atoms with Crippen molar-refractivity contribution in [3.63, 3.8) is 0 Å². The molecule has 0 unspecified atom stereocenters. The standard InChI is InChI=1S/C15H29N3O8/c16-18-17-2-4-22-6-8-24-10-12-26-14-13-25-11-9-23-7-5-21-3-1-15(19)20/h1-14H2,(H,19,20). The van der Waals surface area contributed by atoms with Crippen LogP contribution in [-0.2, 0) is 33.2 Å². The van der Waals surface area contributed by atoms with E-state index >= 15 is 0 Å². The fraction of sp³-hybridized carbons (Fsp3) is 0.933. The average Bonchev–Trinajstić information content (AvgIpc) is 2.62. The Balaban J connectivity index is 3.00. The Morgan fingerprint density at radius 1 is 0.692 bits per heavy atom. The summed E-state index contributed by atoms with van der Waals surface area (Å²) in [5.41, 5.74) is 8.06. The highest BCUT2D eigenvalue weighted by atomic mass is 16.6. The zero-order chi connectivity index (χ0) is 19.1. The molecule has 0 radical (unpaired) electrons. The van der Waals surface area contributed by atoms with Crippen LogP contribution in [0.1, 0.15) is 6.42 Å². The second kappa shape index (κ2) is 21.6. The minimum Gasteiger partial charge on any atom is -0.481 e. The van der Waals surface area contributed by atoms with Crippen LogP contribution in [0.2, 0.25) is 0 Å². The summed E-state index contributed by atoms with van der Waals surface area (Å²) in [5, 5.41) is 11.8. The molecule has 0 spiro atoms. The third-order valence-corrected chi connectivity index (χ3v) is 2.72. The first kappa shape index (κ1) is 24.5. The van der Waals surface area contributed by atoms with Gasteiger partial charge in [-0.1, -0.05) is 5.11 Å². The molecule has 0 rings (SSSR count). The van der Waals surface area contributed by atoms with Gasteiger partial charge in [-0.2, -0.15) is 0 Å². The first-order valence-corrected chi connectivity index (χ1v) is 8.46. The van der Waals surface area contributed by atoms with Crippen LogP contribution in [0.4, 0.5) is 0 Å². The molecular formula is C15H29N3O8. The van der Waals surface area contributed by atoms with Gasteiger partial charge in [0.05, 0.1) is 85.7 Å². The molecule has 0 aliphatic heterocycles. The molecule has 0 saturated heterocycles. The van der Waals surface area contributed by atoms with Crippen LogP contribution in [0.25, 0.3) is 10.4 Å². The van der Waals surface area contributed by atoms with E-state index in [2.05, 4.69) is 10.0 Å². The maximum absolute atomic E-state index is 10.2. The summed E-state index contributed by atoms with van der Waals surface area (Å²) in [5.74, 6) is -0.874. The molecule has 0 aliphatic carbocycles. The minimum absolute atomic E-state index is 0.000795. The molecule has 0 heterocycles. The van der Waals surface area contributed by atoms with Crippen LogP contribution in [-0.4, -0.2) is 96.9 Å². The third kappa shape index (κ3) is 22.5. The van der Waals surface area contributed by atoms with E-state index in [9.17, 15) is 4.79 Å². The fourth-order valence-electron chi connectivity index (χ4n) is 1.51. The molecule has 0 aromatic rings. The van der Waals surface area contributed by atoms with E-state index in [1.807, 2.05) is 0 Å². The van der Waals surface area contributed by atoms with Gasteiger partial charge in [-0.15, -0.1) is 0 Å². The molecule has 0 fully saturated rings. The lowest BCUT2D eigenvalue weighted by Gasteiger charge is -2.08. The molecule has 0 bridgehead atoms. The lowest BCUT2D eigenvalue weighted by Crippen LogP contribution is -2.14. The highest BCUT2D eigenvalue weighted by Gasteiger charge is 1.96. The zero-order valence-electron chi connectivity index (χ0n) is 15.0. The van der Waals surface area contributed by atoms with Gasteiger partial charge in [0.1, 0.15) is 0 Å². The maximum Gasteiger partial charge on any atom is 0.305 e. The molecule has 11 heteroatoms. The normalized spacial score (nSPS) is 10.6. The van der Waals surface area contributed by atoms with Crippen LogP contribution in [0, 0.1) is 0 Å². The lowest BCUT2D eigenvalue weighted by atomic mass is 10.5. The zero-order valence-corrected chi connectivity index (χ0v) is 15.0. The Labute approximate surface area is 153 Å². The van der Waals surface area contributed by atoms with Gasteiger partial charge in [-0.05, 0) is 5.53 Å². The van der Waals surface area contributed by atoms with Crippen LogP contribution in [0.3, 0.4) is 0 Å². The second-order valence-electron chi connectivity index (χ2n) is 4.77. The van der Waals surface area contributed by atoms with Crippen LogP contribution in [0.5, 0.6) is 0 Å². The summed E-state index contributed by atoms with van der Waals surface area (Å²) in [6.45, 7) is 5.42. The summed E-state index contributed by atoms with van der Waals surface area (Å²) in [6, 6.07) is 0. The third-order valence-electron chi connectivity index (χ3n) is 2.72. The van der Waals surface area contributed by atoms with Crippen LogP contribution in [0.15, 0.2) is 5.11 Å². The monoisotopic (exact) mass is 379 g/mol. The first-order valence-electron chi connectivity index (χ1n) is 8.46. The van der Waals surface area contributed by atoms with Crippen molar-refractivity contribution in [3.05, 3.63) is 10.4 Å². The summed E-state index contributed by atoms with van der Waals surface area (Å²) in [4.78, 5) is 12.9. The smallest absolute Gasteiger partial charge is 0.305 e. The molecule has 152 valence electrons. The summed E-state index contributed by atoms with van der Waals surface area (Å²) in [6.07, 6.45) is 0.000795. The number of aliphatic carboxylic acids is 1. The fourth-order valence-corrected chi connectivity index (χ4v) is 1.51. The molecular weight excluding hydrogens is 350 g/mol. The van der Waals surface area contributed by atoms with Crippen molar-refractivity contribution in [1.82, 2.24) is 0 Å². The largest absolute Gasteiger partial charge is 0.481 e. The van der Waals surface area contributed by atoms with E-state index in [0.717, 1.165) is 0 Å². The number of ether oxygens (including phenoxy) is 6. The molecule has 0 aromatic carbocycles. The molecule has 0 atom stereocenters. The Hall–Kier alpha value is -1.46. The van der Waals surface area contributed by atoms with Crippen LogP contribution >= 0.6 is 0 Å². The Bertz CT molecular complexity index is 347. The number of hydrogen-bond acceptors (Lipinski definition) is 8. The SMILES string of the molecule is [N-]=[N+]=NCCOCCOCCOCCOCCOCCOCCC(=O)O. The van der Waals surface area contributed by atoms with Crippen LogP contribution < -0.4 is 0 Å². The van der Waals surface area contributed by atoms with Gasteiger partial charge in [0.15, 0.2) is 0 Å². The predicted molar refractivity (Wildman–Crippen MR) is 91.2 cm³/mol. The molecule has 0 aromatic heterocycles. The van der Waals surface area contributed by atoms with E-state index < -0.39 is 5.97 Å². The highest BCUT2D eigenvalue weighted by molar-refractivity contribution is 5.66. The summed E-state index contributed by atoms with van der Waals surface area (Å²) in [7, 11) is 0. The van der Waals surface area contributed by atoms with Crippen molar-refractivity contribution in [2.24, 2.45) is 5.11 Å². The van der Waals surface area contributed by atoms with Gasteiger partial charge >= 0.3 is 5.97 Å². The number of nitrogens with zero attached hydrogens (tertiary/aromatic N) is 3. The van der Waals surface area contributed by atoms with E-state index in [0.29, 0.717) is 79.2 Å². The number of rotatable bonds is 21. The molecule has 0 amide bonds. The highest BCUT2D eigenvalue weighted by Crippen LogP contribution is 1.86. The van der Waals surface area contributed by atoms with Crippen molar-refractivity contribution in [1.29, 1.82) is 0 Å². The number of carbonyl (C=O) groups is 1. The van der Waals surface area contributed by atoms with E-state index in [-0.39, 0.29) is 13.0 Å². The molecule has 26 heavy (non-hydrogen) atoms. The van der Waals surface area contributed by atoms with Crippen molar-refractivity contribution in [3.8, 4) is 0 Å². The molecule has 0 saturated carbocycles. The Morgan fingerprint density at radius 2 is 1.04 bits per heavy atom. The van der Waals surface area contributed by atoms with Gasteiger partial charge in [-0.3, -0.25) is 4.79 Å². The summed E-state index contributed by atoms with van der Waals surface area (Å²) >= 11 is 0. The Kier molecular flexibility index (Phi) is 20.4. The van der Waals surface area contributed by atoms with Crippen molar-refractivity contribution < 1.29 is 38.3 Å². The minimum atomic E-state index is -0.874. The average molecular weight is 379 g/mol. The summed E-state index contributed by atoms with van der Waals surface area (Å²) < 4.78 is 31.4. The quantitative estimate of drug-likeness (QED) is 0.134. The van der Waals surface area contributed by atoms with E-state index in [4.69, 9.17) is 39.1 Å². The lowest BCUT2D eigenvalue weighted by molar-refractivity contribution is -0.138. The number of azide groups is 1. The van der Waals surface area contributed by atoms with Crippen molar-refractivity contribution in [2.45, 2.75) is 6.42 Å². The first-order chi connectivity index (χ1) is 12.8. The van der Waals surface area contributed by atoms with Gasteiger partial charge in [0.2, 0.25) is 0 Å². The second-order valence-corrected chi connectivity index (χ2v) is 4.77. The van der Waals surface area contributed by atoms with Gasteiger partial charge in [0.25, 0.3) is 0 Å². The van der Waals surface area contributed by atoms with Gasteiger partial charge < -0.3 is 33.5 Å². The topological polar surface area (TPSA) is 141 Å². The predicted octanol–water partition coefficient (Wildman–Crippen LogP) is 0.871. The maximum atomic E-state index is 10.2. The molecule has 1 N–H and O–H groups in total. The molecule has 11 nitrogen and oxygen atoms in total. The Morgan fingerprint density at radius 3 is 1.38 bits per heavy atom. The number of carboxylic acid groups (broad SMARTS) is 1. The molecule has 0 aliphatic rings.